The Bertz CT molecular complexity index is 984. The first kappa shape index (κ1) is 23.7. The number of alkyl carbamates (subject to hydrolysis) is 1. The molecule has 178 valence electrons. The maximum Gasteiger partial charge on any atom is 0.407 e. The van der Waals surface area contributed by atoms with Gasteiger partial charge < -0.3 is 24.3 Å². The molecule has 2 heterocycles. The van der Waals surface area contributed by atoms with Crippen LogP contribution in [0.2, 0.25) is 0 Å². The number of nitrogens with zero attached hydrogens (tertiary/aromatic N) is 1. The van der Waals surface area contributed by atoms with Gasteiger partial charge in [-0.3, -0.25) is 4.90 Å². The molecule has 2 aliphatic heterocycles. The number of hydrogen-bond donors (Lipinski definition) is 1. The number of amides is 1. The van der Waals surface area contributed by atoms with E-state index in [1.807, 2.05) is 24.3 Å². The number of nitrogens with one attached hydrogen (secondary N) is 1. The molecule has 7 nitrogen and oxygen atoms in total. The largest absolute Gasteiger partial charge is 0.493 e. The van der Waals surface area contributed by atoms with Crippen LogP contribution in [0.25, 0.3) is 0 Å². The summed E-state index contributed by atoms with van der Waals surface area (Å²) in [6, 6.07) is 10.0. The van der Waals surface area contributed by atoms with Gasteiger partial charge >= 0.3 is 6.09 Å². The molecule has 0 saturated carbocycles. The number of halogens is 1. The Morgan fingerprint density at radius 3 is 2.85 bits per heavy atom. The van der Waals surface area contributed by atoms with Gasteiger partial charge in [0.05, 0.1) is 27.4 Å². The maximum absolute atomic E-state index is 12.2. The van der Waals surface area contributed by atoms with E-state index in [1.165, 1.54) is 5.56 Å². The molecule has 0 aliphatic carbocycles. The molecule has 0 aromatic heterocycles. The highest BCUT2D eigenvalue weighted by Gasteiger charge is 2.23. The maximum atomic E-state index is 12.2. The van der Waals surface area contributed by atoms with Crippen molar-refractivity contribution in [3.8, 4) is 17.2 Å². The van der Waals surface area contributed by atoms with E-state index in [9.17, 15) is 4.79 Å². The minimum atomic E-state index is -0.369. The van der Waals surface area contributed by atoms with E-state index in [2.05, 4.69) is 32.2 Å². The van der Waals surface area contributed by atoms with Crippen molar-refractivity contribution in [3.63, 3.8) is 0 Å². The van der Waals surface area contributed by atoms with Gasteiger partial charge in [0.15, 0.2) is 11.5 Å². The summed E-state index contributed by atoms with van der Waals surface area (Å²) in [6.07, 6.45) is 2.69. The zero-order valence-electron chi connectivity index (χ0n) is 19.2. The highest BCUT2D eigenvalue weighted by molar-refractivity contribution is 9.10. The summed E-state index contributed by atoms with van der Waals surface area (Å²) >= 11 is 3.65. The quantitative estimate of drug-likeness (QED) is 0.553. The Morgan fingerprint density at radius 1 is 1.21 bits per heavy atom. The van der Waals surface area contributed by atoms with Gasteiger partial charge in [-0.25, -0.2) is 4.79 Å². The molecule has 2 aromatic carbocycles. The van der Waals surface area contributed by atoms with Crippen molar-refractivity contribution in [1.82, 2.24) is 10.2 Å². The number of ether oxygens (including phenoxy) is 4. The number of fused-ring (bicyclic) bond motifs is 1. The van der Waals surface area contributed by atoms with Crippen LogP contribution in [-0.2, 0) is 24.2 Å². The van der Waals surface area contributed by atoms with Crippen molar-refractivity contribution in [3.05, 3.63) is 51.5 Å². The lowest BCUT2D eigenvalue weighted by Crippen LogP contribution is -2.38. The molecule has 0 bridgehead atoms. The van der Waals surface area contributed by atoms with Crippen LogP contribution in [0.3, 0.4) is 0 Å². The molecule has 1 unspecified atom stereocenters. The zero-order chi connectivity index (χ0) is 23.2. The van der Waals surface area contributed by atoms with Gasteiger partial charge in [0.2, 0.25) is 0 Å². The average molecular weight is 519 g/mol. The first-order chi connectivity index (χ1) is 16.1. The average Bonchev–Trinajstić information content (AvgIpc) is 3.30. The highest BCUT2D eigenvalue weighted by Crippen LogP contribution is 2.34. The number of likely N-dealkylation sites (tertiary alicyclic amines) is 1. The number of methoxy groups -OCH3 is 2. The molecule has 33 heavy (non-hydrogen) atoms. The lowest BCUT2D eigenvalue weighted by molar-refractivity contribution is 0.0866. The lowest BCUT2D eigenvalue weighted by Gasteiger charge is -2.32. The molecule has 2 aliphatic rings. The second kappa shape index (κ2) is 11.1. The van der Waals surface area contributed by atoms with Crippen LogP contribution in [0, 0.1) is 5.92 Å². The Morgan fingerprint density at radius 2 is 2.03 bits per heavy atom. The fraction of sp³-hybridized carbons (Fsp3) is 0.480. The van der Waals surface area contributed by atoms with Gasteiger partial charge in [-0.15, -0.1) is 0 Å². The summed E-state index contributed by atoms with van der Waals surface area (Å²) < 4.78 is 22.9. The van der Waals surface area contributed by atoms with Gasteiger partial charge in [0.25, 0.3) is 0 Å². The van der Waals surface area contributed by atoms with Gasteiger partial charge in [0.1, 0.15) is 5.75 Å². The second-order valence-corrected chi connectivity index (χ2v) is 9.39. The second-order valence-electron chi connectivity index (χ2n) is 8.53. The summed E-state index contributed by atoms with van der Waals surface area (Å²) in [6.45, 7) is 4.31. The molecule has 1 saturated heterocycles. The standard InChI is InChI=1S/C25H31BrN2O5/c1-30-23-11-20(21(26)12-24(23)31-2)15-28-8-3-4-18(14-28)16-33-25(29)27-13-17-5-6-22-19(10-17)7-9-32-22/h5-6,10-12,18H,3-4,7-9,13-16H2,1-2H3,(H,27,29). The molecule has 8 heteroatoms. The topological polar surface area (TPSA) is 69.3 Å². The van der Waals surface area contributed by atoms with E-state index >= 15 is 0 Å². The Balaban J connectivity index is 1.24. The molecule has 1 N–H and O–H groups in total. The Hall–Kier alpha value is -2.45. The Kier molecular flexibility index (Phi) is 7.98. The van der Waals surface area contributed by atoms with Crippen LogP contribution < -0.4 is 19.5 Å². The van der Waals surface area contributed by atoms with Crippen molar-refractivity contribution in [2.75, 3.05) is 40.5 Å². The summed E-state index contributed by atoms with van der Waals surface area (Å²) in [5.74, 6) is 2.70. The number of carbonyl (C=O) groups excluding carboxylic acids is 1. The molecule has 0 radical (unpaired) electrons. The molecule has 1 atom stereocenters. The highest BCUT2D eigenvalue weighted by atomic mass is 79.9. The van der Waals surface area contributed by atoms with Crippen molar-refractivity contribution in [2.24, 2.45) is 5.92 Å². The third-order valence-corrected chi connectivity index (χ3v) is 6.93. The van der Waals surface area contributed by atoms with E-state index in [0.29, 0.717) is 24.8 Å². The Labute approximate surface area is 203 Å². The van der Waals surface area contributed by atoms with E-state index in [0.717, 1.165) is 72.6 Å². The van der Waals surface area contributed by atoms with Crippen LogP contribution >= 0.6 is 15.9 Å². The van der Waals surface area contributed by atoms with Crippen LogP contribution in [-0.4, -0.2) is 51.5 Å². The van der Waals surface area contributed by atoms with Crippen LogP contribution in [0.15, 0.2) is 34.8 Å². The monoisotopic (exact) mass is 518 g/mol. The minimum Gasteiger partial charge on any atom is -0.493 e. The SMILES string of the molecule is COc1cc(Br)c(CN2CCCC(COC(=O)NCc3ccc4c(c3)CCO4)C2)cc1OC. The molecule has 1 amide bonds. The molecular formula is C25H31BrN2O5. The first-order valence-corrected chi connectivity index (χ1v) is 12.1. The van der Waals surface area contributed by atoms with Gasteiger partial charge in [-0.2, -0.15) is 0 Å². The molecule has 0 spiro atoms. The molecule has 2 aromatic rings. The molecular weight excluding hydrogens is 488 g/mol. The summed E-state index contributed by atoms with van der Waals surface area (Å²) in [4.78, 5) is 14.6. The predicted molar refractivity (Wildman–Crippen MR) is 129 cm³/mol. The zero-order valence-corrected chi connectivity index (χ0v) is 20.8. The molecule has 1 fully saturated rings. The predicted octanol–water partition coefficient (Wildman–Crippen LogP) is 4.54. The normalized spacial score (nSPS) is 17.7. The van der Waals surface area contributed by atoms with E-state index in [1.54, 1.807) is 14.2 Å². The van der Waals surface area contributed by atoms with Crippen molar-refractivity contribution < 1.29 is 23.7 Å². The van der Waals surface area contributed by atoms with Crippen molar-refractivity contribution in [1.29, 1.82) is 0 Å². The number of carbonyl (C=O) groups is 1. The van der Waals surface area contributed by atoms with Crippen LogP contribution in [0.5, 0.6) is 17.2 Å². The number of piperidine rings is 1. The van der Waals surface area contributed by atoms with Crippen LogP contribution in [0.1, 0.15) is 29.5 Å². The number of benzene rings is 2. The van der Waals surface area contributed by atoms with E-state index < -0.39 is 0 Å². The fourth-order valence-electron chi connectivity index (χ4n) is 4.46. The number of hydrogen-bond acceptors (Lipinski definition) is 6. The van der Waals surface area contributed by atoms with E-state index in [-0.39, 0.29) is 6.09 Å². The van der Waals surface area contributed by atoms with E-state index in [4.69, 9.17) is 18.9 Å². The number of rotatable bonds is 8. The van der Waals surface area contributed by atoms with Gasteiger partial charge in [0, 0.05) is 36.4 Å². The summed E-state index contributed by atoms with van der Waals surface area (Å²) in [7, 11) is 3.28. The van der Waals surface area contributed by atoms with Crippen LogP contribution in [0.4, 0.5) is 4.79 Å². The third kappa shape index (κ3) is 6.12. The smallest absolute Gasteiger partial charge is 0.407 e. The van der Waals surface area contributed by atoms with Crippen molar-refractivity contribution in [2.45, 2.75) is 32.4 Å². The van der Waals surface area contributed by atoms with Gasteiger partial charge in [-0.1, -0.05) is 28.1 Å². The minimum absolute atomic E-state index is 0.320. The molecule has 4 rings (SSSR count). The third-order valence-electron chi connectivity index (χ3n) is 6.19. The lowest BCUT2D eigenvalue weighted by atomic mass is 9.98. The first-order valence-electron chi connectivity index (χ1n) is 11.3. The fourth-order valence-corrected chi connectivity index (χ4v) is 4.91. The summed E-state index contributed by atoms with van der Waals surface area (Å²) in [5.41, 5.74) is 3.40. The van der Waals surface area contributed by atoms with Gasteiger partial charge in [-0.05, 0) is 54.3 Å². The summed E-state index contributed by atoms with van der Waals surface area (Å²) in [5, 5.41) is 2.86. The van der Waals surface area contributed by atoms with Crippen molar-refractivity contribution >= 4 is 22.0 Å².